The van der Waals surface area contributed by atoms with Gasteiger partial charge in [-0.15, -0.1) is 0 Å². The number of carbonyl (C=O) groups is 2. The molecule has 102 valence electrons. The van der Waals surface area contributed by atoms with Crippen LogP contribution in [0.4, 0.5) is 0 Å². The van der Waals surface area contributed by atoms with Crippen molar-refractivity contribution in [1.82, 2.24) is 4.90 Å². The Bertz CT molecular complexity index is 474. The summed E-state index contributed by atoms with van der Waals surface area (Å²) in [6.07, 6.45) is 0. The number of halogens is 1. The van der Waals surface area contributed by atoms with Crippen molar-refractivity contribution in [3.63, 3.8) is 0 Å². The summed E-state index contributed by atoms with van der Waals surface area (Å²) >= 11 is 5.78. The molecule has 19 heavy (non-hydrogen) atoms. The second kappa shape index (κ2) is 6.04. The number of benzene rings is 1. The number of ether oxygens (including phenoxy) is 2. The predicted molar refractivity (Wildman–Crippen MR) is 69.1 cm³/mol. The summed E-state index contributed by atoms with van der Waals surface area (Å²) in [5, 5.41) is 0.558. The molecule has 0 radical (unpaired) electrons. The third-order valence-corrected chi connectivity index (χ3v) is 3.21. The van der Waals surface area contributed by atoms with Gasteiger partial charge >= 0.3 is 5.97 Å². The van der Waals surface area contributed by atoms with E-state index in [0.717, 1.165) is 0 Å². The van der Waals surface area contributed by atoms with Gasteiger partial charge in [-0.3, -0.25) is 4.79 Å². The van der Waals surface area contributed by atoms with Crippen molar-refractivity contribution in [3.05, 3.63) is 34.9 Å². The van der Waals surface area contributed by atoms with Crippen LogP contribution in [0.15, 0.2) is 24.3 Å². The number of hydrogen-bond donors (Lipinski definition) is 0. The number of methoxy groups -OCH3 is 1. The standard InChI is InChI=1S/C13H14ClNO4/c1-18-13(17)11-8-19-7-6-15(11)12(16)9-2-4-10(14)5-3-9/h2-5,11H,6-8H2,1H3. The molecule has 1 saturated heterocycles. The summed E-state index contributed by atoms with van der Waals surface area (Å²) in [6.45, 7) is 0.931. The topological polar surface area (TPSA) is 55.8 Å². The Morgan fingerprint density at radius 2 is 2.05 bits per heavy atom. The Balaban J connectivity index is 2.20. The molecule has 1 aliphatic rings. The van der Waals surface area contributed by atoms with Crippen LogP contribution in [0, 0.1) is 0 Å². The van der Waals surface area contributed by atoms with Gasteiger partial charge < -0.3 is 14.4 Å². The number of rotatable bonds is 2. The Labute approximate surface area is 116 Å². The summed E-state index contributed by atoms with van der Waals surface area (Å²) in [4.78, 5) is 25.5. The van der Waals surface area contributed by atoms with Crippen LogP contribution < -0.4 is 0 Å². The first-order chi connectivity index (χ1) is 9.13. The van der Waals surface area contributed by atoms with Gasteiger partial charge in [-0.2, -0.15) is 0 Å². The third-order valence-electron chi connectivity index (χ3n) is 2.95. The Morgan fingerprint density at radius 1 is 1.37 bits per heavy atom. The summed E-state index contributed by atoms with van der Waals surface area (Å²) in [6, 6.07) is 5.86. The van der Waals surface area contributed by atoms with Crippen molar-refractivity contribution in [2.24, 2.45) is 0 Å². The number of amides is 1. The van der Waals surface area contributed by atoms with Crippen molar-refractivity contribution in [2.45, 2.75) is 6.04 Å². The van der Waals surface area contributed by atoms with E-state index in [0.29, 0.717) is 23.7 Å². The van der Waals surface area contributed by atoms with Crippen LogP contribution in [0.3, 0.4) is 0 Å². The van der Waals surface area contributed by atoms with Crippen molar-refractivity contribution < 1.29 is 19.1 Å². The van der Waals surface area contributed by atoms with E-state index in [4.69, 9.17) is 21.1 Å². The fraction of sp³-hybridized carbons (Fsp3) is 0.385. The molecule has 0 aromatic heterocycles. The van der Waals surface area contributed by atoms with Crippen LogP contribution in [0.1, 0.15) is 10.4 Å². The lowest BCUT2D eigenvalue weighted by molar-refractivity contribution is -0.151. The van der Waals surface area contributed by atoms with Gasteiger partial charge in [0.25, 0.3) is 5.91 Å². The van der Waals surface area contributed by atoms with Crippen LogP contribution in [0.25, 0.3) is 0 Å². The Hall–Kier alpha value is -1.59. The molecule has 1 atom stereocenters. The van der Waals surface area contributed by atoms with Crippen molar-refractivity contribution in [2.75, 3.05) is 26.9 Å². The maximum atomic E-state index is 12.4. The molecular formula is C13H14ClNO4. The van der Waals surface area contributed by atoms with Crippen molar-refractivity contribution in [3.8, 4) is 0 Å². The SMILES string of the molecule is COC(=O)C1COCCN1C(=O)c1ccc(Cl)cc1. The molecule has 5 nitrogen and oxygen atoms in total. The summed E-state index contributed by atoms with van der Waals surface area (Å²) in [5.74, 6) is -0.697. The predicted octanol–water partition coefficient (Wildman–Crippen LogP) is 1.35. The fourth-order valence-electron chi connectivity index (χ4n) is 1.94. The van der Waals surface area contributed by atoms with Gasteiger partial charge in [0.1, 0.15) is 0 Å². The van der Waals surface area contributed by atoms with Crippen molar-refractivity contribution in [1.29, 1.82) is 0 Å². The Morgan fingerprint density at radius 3 is 2.68 bits per heavy atom. The lowest BCUT2D eigenvalue weighted by Crippen LogP contribution is -2.53. The highest BCUT2D eigenvalue weighted by molar-refractivity contribution is 6.30. The van der Waals surface area contributed by atoms with Crippen LogP contribution in [-0.4, -0.2) is 49.7 Å². The molecule has 0 bridgehead atoms. The van der Waals surface area contributed by atoms with Gasteiger partial charge in [0.2, 0.25) is 0 Å². The number of esters is 1. The minimum absolute atomic E-state index is 0.159. The second-order valence-electron chi connectivity index (χ2n) is 4.12. The van der Waals surface area contributed by atoms with Gasteiger partial charge in [0, 0.05) is 17.1 Å². The first-order valence-electron chi connectivity index (χ1n) is 5.85. The smallest absolute Gasteiger partial charge is 0.331 e. The molecular weight excluding hydrogens is 270 g/mol. The summed E-state index contributed by atoms with van der Waals surface area (Å²) in [5.41, 5.74) is 0.486. The quantitative estimate of drug-likeness (QED) is 0.769. The van der Waals surface area contributed by atoms with Crippen molar-refractivity contribution >= 4 is 23.5 Å². The molecule has 1 heterocycles. The monoisotopic (exact) mass is 283 g/mol. The Kier molecular flexibility index (Phi) is 4.39. The average molecular weight is 284 g/mol. The van der Waals surface area contributed by atoms with Gasteiger partial charge in [-0.25, -0.2) is 4.79 Å². The molecule has 0 saturated carbocycles. The highest BCUT2D eigenvalue weighted by atomic mass is 35.5. The molecule has 1 aromatic rings. The molecule has 2 rings (SSSR count). The second-order valence-corrected chi connectivity index (χ2v) is 4.56. The molecule has 1 amide bonds. The maximum Gasteiger partial charge on any atom is 0.331 e. The highest BCUT2D eigenvalue weighted by Gasteiger charge is 2.34. The zero-order valence-electron chi connectivity index (χ0n) is 10.5. The largest absolute Gasteiger partial charge is 0.467 e. The lowest BCUT2D eigenvalue weighted by atomic mass is 10.1. The zero-order valence-corrected chi connectivity index (χ0v) is 11.2. The molecule has 1 aliphatic heterocycles. The van der Waals surface area contributed by atoms with E-state index in [1.807, 2.05) is 0 Å². The summed E-state index contributed by atoms with van der Waals surface area (Å²) in [7, 11) is 1.29. The maximum absolute atomic E-state index is 12.4. The third kappa shape index (κ3) is 3.05. The van der Waals surface area contributed by atoms with Crippen LogP contribution >= 0.6 is 11.6 Å². The van der Waals surface area contributed by atoms with E-state index in [2.05, 4.69) is 0 Å². The highest BCUT2D eigenvalue weighted by Crippen LogP contribution is 2.16. The van der Waals surface area contributed by atoms with E-state index < -0.39 is 12.0 Å². The van der Waals surface area contributed by atoms with E-state index in [1.54, 1.807) is 24.3 Å². The molecule has 1 unspecified atom stereocenters. The molecule has 1 aromatic carbocycles. The van der Waals surface area contributed by atoms with Gasteiger partial charge in [-0.05, 0) is 24.3 Å². The normalized spacial score (nSPS) is 19.1. The van der Waals surface area contributed by atoms with Gasteiger partial charge in [-0.1, -0.05) is 11.6 Å². The number of morpholine rings is 1. The molecule has 0 spiro atoms. The molecule has 1 fully saturated rings. The lowest BCUT2D eigenvalue weighted by Gasteiger charge is -2.33. The zero-order chi connectivity index (χ0) is 13.8. The minimum Gasteiger partial charge on any atom is -0.467 e. The van der Waals surface area contributed by atoms with Crippen LogP contribution in [-0.2, 0) is 14.3 Å². The first-order valence-corrected chi connectivity index (χ1v) is 6.23. The number of hydrogen-bond acceptors (Lipinski definition) is 4. The molecule has 0 N–H and O–H groups in total. The van der Waals surface area contributed by atoms with Gasteiger partial charge in [0.05, 0.1) is 20.3 Å². The van der Waals surface area contributed by atoms with E-state index in [-0.39, 0.29) is 12.5 Å². The number of nitrogens with zero attached hydrogens (tertiary/aromatic N) is 1. The van der Waals surface area contributed by atoms with Crippen LogP contribution in [0.2, 0.25) is 5.02 Å². The minimum atomic E-state index is -0.693. The average Bonchev–Trinajstić information content (AvgIpc) is 2.46. The number of carbonyl (C=O) groups excluding carboxylic acids is 2. The van der Waals surface area contributed by atoms with Gasteiger partial charge in [0.15, 0.2) is 6.04 Å². The summed E-state index contributed by atoms with van der Waals surface area (Å²) < 4.78 is 9.92. The van der Waals surface area contributed by atoms with E-state index in [9.17, 15) is 9.59 Å². The molecule has 0 aliphatic carbocycles. The van der Waals surface area contributed by atoms with E-state index in [1.165, 1.54) is 12.0 Å². The van der Waals surface area contributed by atoms with Crippen LogP contribution in [0.5, 0.6) is 0 Å². The fourth-order valence-corrected chi connectivity index (χ4v) is 2.06. The molecule has 6 heteroatoms. The first kappa shape index (κ1) is 13.8. The van der Waals surface area contributed by atoms with E-state index >= 15 is 0 Å².